The molecule has 3 heteroatoms. The monoisotopic (exact) mass is 239 g/mol. The van der Waals surface area contributed by atoms with Crippen LogP contribution in [0.2, 0.25) is 5.02 Å². The van der Waals surface area contributed by atoms with Crippen LogP contribution in [0.4, 0.5) is 0 Å². The molecular formula is C13H18ClNO. The van der Waals surface area contributed by atoms with Gasteiger partial charge in [0.15, 0.2) is 0 Å². The van der Waals surface area contributed by atoms with Crippen molar-refractivity contribution in [3.63, 3.8) is 0 Å². The molecule has 0 radical (unpaired) electrons. The van der Waals surface area contributed by atoms with Gasteiger partial charge in [-0.25, -0.2) is 0 Å². The number of benzene rings is 1. The van der Waals surface area contributed by atoms with E-state index in [1.807, 2.05) is 18.2 Å². The first-order valence-corrected chi connectivity index (χ1v) is 6.22. The Bertz CT molecular complexity index is 336. The third kappa shape index (κ3) is 2.76. The number of rotatable bonds is 3. The van der Waals surface area contributed by atoms with Gasteiger partial charge < -0.3 is 10.5 Å². The van der Waals surface area contributed by atoms with Crippen molar-refractivity contribution in [2.75, 3.05) is 19.8 Å². The Balaban J connectivity index is 2.14. The van der Waals surface area contributed by atoms with Crippen molar-refractivity contribution in [2.45, 2.75) is 18.8 Å². The van der Waals surface area contributed by atoms with Crippen LogP contribution in [0.5, 0.6) is 0 Å². The normalized spacial score (nSPS) is 19.6. The van der Waals surface area contributed by atoms with E-state index in [2.05, 4.69) is 6.07 Å². The van der Waals surface area contributed by atoms with E-state index in [1.54, 1.807) is 0 Å². The SMILES string of the molecule is NCC(c1cccc(Cl)c1)C1CCOCC1. The van der Waals surface area contributed by atoms with Crippen molar-refractivity contribution >= 4 is 11.6 Å². The molecule has 16 heavy (non-hydrogen) atoms. The Kier molecular flexibility index (Phi) is 4.22. The Morgan fingerprint density at radius 1 is 1.38 bits per heavy atom. The molecule has 0 amide bonds. The van der Waals surface area contributed by atoms with E-state index in [1.165, 1.54) is 5.56 Å². The highest BCUT2D eigenvalue weighted by Crippen LogP contribution is 2.32. The highest BCUT2D eigenvalue weighted by atomic mass is 35.5. The molecule has 2 nitrogen and oxygen atoms in total. The molecule has 1 unspecified atom stereocenters. The average molecular weight is 240 g/mol. The first kappa shape index (κ1) is 11.9. The summed E-state index contributed by atoms with van der Waals surface area (Å²) in [4.78, 5) is 0. The second-order valence-corrected chi connectivity index (χ2v) is 4.78. The summed E-state index contributed by atoms with van der Waals surface area (Å²) >= 11 is 6.02. The highest BCUT2D eigenvalue weighted by Gasteiger charge is 2.24. The van der Waals surface area contributed by atoms with E-state index in [0.29, 0.717) is 18.4 Å². The van der Waals surface area contributed by atoms with E-state index < -0.39 is 0 Å². The summed E-state index contributed by atoms with van der Waals surface area (Å²) in [5.41, 5.74) is 7.17. The van der Waals surface area contributed by atoms with Crippen molar-refractivity contribution in [1.82, 2.24) is 0 Å². The third-order valence-electron chi connectivity index (χ3n) is 3.37. The summed E-state index contributed by atoms with van der Waals surface area (Å²) < 4.78 is 5.39. The lowest BCUT2D eigenvalue weighted by Gasteiger charge is -2.29. The maximum Gasteiger partial charge on any atom is 0.0468 e. The van der Waals surface area contributed by atoms with Crippen LogP contribution >= 0.6 is 11.6 Å². The topological polar surface area (TPSA) is 35.2 Å². The molecule has 1 aliphatic heterocycles. The number of hydrogen-bond acceptors (Lipinski definition) is 2. The Morgan fingerprint density at radius 3 is 2.75 bits per heavy atom. The molecule has 1 aliphatic rings. The maximum absolute atomic E-state index is 6.02. The molecule has 0 bridgehead atoms. The summed E-state index contributed by atoms with van der Waals surface area (Å²) in [5, 5.41) is 0.794. The standard InChI is InChI=1S/C13H18ClNO/c14-12-3-1-2-11(8-12)13(9-15)10-4-6-16-7-5-10/h1-3,8,10,13H,4-7,9,15H2. The lowest BCUT2D eigenvalue weighted by molar-refractivity contribution is 0.0586. The van der Waals surface area contributed by atoms with Gasteiger partial charge in [-0.3, -0.25) is 0 Å². The summed E-state index contributed by atoms with van der Waals surface area (Å²) in [5.74, 6) is 1.06. The molecular weight excluding hydrogens is 222 g/mol. The molecule has 0 saturated carbocycles. The molecule has 2 N–H and O–H groups in total. The lowest BCUT2D eigenvalue weighted by atomic mass is 9.81. The van der Waals surface area contributed by atoms with E-state index in [4.69, 9.17) is 22.1 Å². The second-order valence-electron chi connectivity index (χ2n) is 4.35. The van der Waals surface area contributed by atoms with Crippen molar-refractivity contribution < 1.29 is 4.74 Å². The van der Waals surface area contributed by atoms with Crippen LogP contribution in [0, 0.1) is 5.92 Å². The fourth-order valence-corrected chi connectivity index (χ4v) is 2.65. The maximum atomic E-state index is 6.02. The van der Waals surface area contributed by atoms with Crippen molar-refractivity contribution in [3.05, 3.63) is 34.9 Å². The van der Waals surface area contributed by atoms with Gasteiger partial charge in [0.05, 0.1) is 0 Å². The first-order chi connectivity index (χ1) is 7.81. The minimum atomic E-state index is 0.419. The van der Waals surface area contributed by atoms with Crippen LogP contribution in [0.1, 0.15) is 24.3 Å². The first-order valence-electron chi connectivity index (χ1n) is 5.84. The zero-order valence-corrected chi connectivity index (χ0v) is 10.1. The van der Waals surface area contributed by atoms with Crippen LogP contribution in [-0.4, -0.2) is 19.8 Å². The van der Waals surface area contributed by atoms with Crippen LogP contribution in [0.25, 0.3) is 0 Å². The number of ether oxygens (including phenoxy) is 1. The molecule has 1 heterocycles. The Labute approximate surface area is 102 Å². The van der Waals surface area contributed by atoms with Gasteiger partial charge in [-0.2, -0.15) is 0 Å². The molecule has 88 valence electrons. The van der Waals surface area contributed by atoms with Gasteiger partial charge in [0.25, 0.3) is 0 Å². The average Bonchev–Trinajstić information content (AvgIpc) is 2.31. The van der Waals surface area contributed by atoms with Crippen molar-refractivity contribution in [1.29, 1.82) is 0 Å². The van der Waals surface area contributed by atoms with Gasteiger partial charge in [0.2, 0.25) is 0 Å². The third-order valence-corrected chi connectivity index (χ3v) is 3.60. The predicted octanol–water partition coefficient (Wildman–Crippen LogP) is 2.81. The largest absolute Gasteiger partial charge is 0.381 e. The molecule has 1 aromatic carbocycles. The minimum Gasteiger partial charge on any atom is -0.381 e. The molecule has 1 aromatic rings. The highest BCUT2D eigenvalue weighted by molar-refractivity contribution is 6.30. The van der Waals surface area contributed by atoms with Gasteiger partial charge in [0, 0.05) is 18.2 Å². The fraction of sp³-hybridized carbons (Fsp3) is 0.538. The molecule has 0 aliphatic carbocycles. The Morgan fingerprint density at radius 2 is 2.12 bits per heavy atom. The Hall–Kier alpha value is -0.570. The van der Waals surface area contributed by atoms with Gasteiger partial charge >= 0.3 is 0 Å². The molecule has 2 rings (SSSR count). The van der Waals surface area contributed by atoms with E-state index >= 15 is 0 Å². The zero-order chi connectivity index (χ0) is 11.4. The molecule has 1 atom stereocenters. The van der Waals surface area contributed by atoms with Crippen molar-refractivity contribution in [2.24, 2.45) is 11.7 Å². The van der Waals surface area contributed by atoms with Gasteiger partial charge in [-0.15, -0.1) is 0 Å². The summed E-state index contributed by atoms with van der Waals surface area (Å²) in [6.45, 7) is 2.41. The van der Waals surface area contributed by atoms with Crippen molar-refractivity contribution in [3.8, 4) is 0 Å². The summed E-state index contributed by atoms with van der Waals surface area (Å²) in [6.07, 6.45) is 2.21. The number of hydrogen-bond donors (Lipinski definition) is 1. The summed E-state index contributed by atoms with van der Waals surface area (Å²) in [7, 11) is 0. The molecule has 0 spiro atoms. The van der Waals surface area contributed by atoms with Gasteiger partial charge in [-0.1, -0.05) is 23.7 Å². The van der Waals surface area contributed by atoms with Crippen LogP contribution in [0.15, 0.2) is 24.3 Å². The van der Waals surface area contributed by atoms with Gasteiger partial charge in [-0.05, 0) is 48.9 Å². The quantitative estimate of drug-likeness (QED) is 0.881. The van der Waals surface area contributed by atoms with Crippen LogP contribution in [0.3, 0.4) is 0 Å². The van der Waals surface area contributed by atoms with Crippen LogP contribution < -0.4 is 5.73 Å². The molecule has 1 saturated heterocycles. The van der Waals surface area contributed by atoms with Crippen LogP contribution in [-0.2, 0) is 4.74 Å². The number of halogens is 1. The minimum absolute atomic E-state index is 0.419. The lowest BCUT2D eigenvalue weighted by Crippen LogP contribution is -2.27. The van der Waals surface area contributed by atoms with Gasteiger partial charge in [0.1, 0.15) is 0 Å². The second kappa shape index (κ2) is 5.67. The van der Waals surface area contributed by atoms with E-state index in [9.17, 15) is 0 Å². The molecule has 0 aromatic heterocycles. The number of nitrogens with two attached hydrogens (primary N) is 1. The smallest absolute Gasteiger partial charge is 0.0468 e. The predicted molar refractivity (Wildman–Crippen MR) is 66.8 cm³/mol. The van der Waals surface area contributed by atoms with E-state index in [0.717, 1.165) is 31.1 Å². The zero-order valence-electron chi connectivity index (χ0n) is 9.36. The fourth-order valence-electron chi connectivity index (χ4n) is 2.46. The molecule has 1 fully saturated rings. The summed E-state index contributed by atoms with van der Waals surface area (Å²) in [6, 6.07) is 8.07. The van der Waals surface area contributed by atoms with E-state index in [-0.39, 0.29) is 0 Å².